The van der Waals surface area contributed by atoms with E-state index in [9.17, 15) is 4.79 Å². The summed E-state index contributed by atoms with van der Waals surface area (Å²) in [6.07, 6.45) is 11.8. The molecule has 5 rings (SSSR count). The second-order valence-corrected chi connectivity index (χ2v) is 8.53. The van der Waals surface area contributed by atoms with E-state index < -0.39 is 0 Å². The zero-order valence-corrected chi connectivity index (χ0v) is 15.3. The highest BCUT2D eigenvalue weighted by Gasteiger charge is 2.48. The van der Waals surface area contributed by atoms with Gasteiger partial charge in [-0.2, -0.15) is 0 Å². The zero-order chi connectivity index (χ0) is 17.6. The second-order valence-electron chi connectivity index (χ2n) is 8.53. The predicted octanol–water partition coefficient (Wildman–Crippen LogP) is 2.97. The summed E-state index contributed by atoms with van der Waals surface area (Å²) < 4.78 is 0. The lowest BCUT2D eigenvalue weighted by molar-refractivity contribution is -0.132. The first-order valence-corrected chi connectivity index (χ1v) is 10.0. The van der Waals surface area contributed by atoms with E-state index >= 15 is 0 Å². The van der Waals surface area contributed by atoms with Crippen LogP contribution in [-0.4, -0.2) is 51.9 Å². The van der Waals surface area contributed by atoms with E-state index in [0.717, 1.165) is 49.5 Å². The van der Waals surface area contributed by atoms with Crippen molar-refractivity contribution in [2.45, 2.75) is 44.9 Å². The van der Waals surface area contributed by atoms with Crippen LogP contribution in [0.2, 0.25) is 0 Å². The number of anilines is 1. The molecule has 2 aromatic heterocycles. The number of amides is 1. The number of rotatable bonds is 3. The number of hydrogen-bond donors (Lipinski definition) is 1. The molecule has 2 aromatic rings. The van der Waals surface area contributed by atoms with Crippen molar-refractivity contribution >= 4 is 22.8 Å². The fourth-order valence-corrected chi connectivity index (χ4v) is 4.85. The minimum atomic E-state index is 0.273. The Kier molecular flexibility index (Phi) is 3.87. The van der Waals surface area contributed by atoms with Crippen molar-refractivity contribution < 1.29 is 4.79 Å². The van der Waals surface area contributed by atoms with Crippen molar-refractivity contribution in [3.8, 4) is 0 Å². The van der Waals surface area contributed by atoms with E-state index in [4.69, 9.17) is 0 Å². The van der Waals surface area contributed by atoms with Crippen molar-refractivity contribution in [3.63, 3.8) is 0 Å². The number of fused-ring (bicyclic) bond motifs is 1. The number of H-pyrrole nitrogens is 1. The molecule has 1 amide bonds. The molecule has 3 aliphatic rings. The minimum Gasteiger partial charge on any atom is -0.354 e. The van der Waals surface area contributed by atoms with Crippen LogP contribution in [0.25, 0.3) is 11.0 Å². The third kappa shape index (κ3) is 2.95. The molecule has 0 radical (unpaired) electrons. The average Bonchev–Trinajstić information content (AvgIpc) is 3.04. The number of aromatic amines is 1. The zero-order valence-electron chi connectivity index (χ0n) is 15.3. The molecule has 6 heteroatoms. The first-order chi connectivity index (χ1) is 12.7. The molecule has 3 fully saturated rings. The van der Waals surface area contributed by atoms with Gasteiger partial charge in [0, 0.05) is 44.2 Å². The molecule has 0 unspecified atom stereocenters. The smallest absolute Gasteiger partial charge is 0.222 e. The SMILES string of the molecule is O=C(CC1CCCC1)N1CCN(c2ncnc3[nH]ccc23)CC2(CC2)C1. The van der Waals surface area contributed by atoms with Gasteiger partial charge in [0.25, 0.3) is 0 Å². The molecule has 1 saturated heterocycles. The van der Waals surface area contributed by atoms with E-state index in [1.165, 1.54) is 38.5 Å². The summed E-state index contributed by atoms with van der Waals surface area (Å²) in [5.74, 6) is 2.01. The third-order valence-electron chi connectivity index (χ3n) is 6.57. The van der Waals surface area contributed by atoms with Crippen LogP contribution in [0.1, 0.15) is 44.9 Å². The van der Waals surface area contributed by atoms with Gasteiger partial charge in [-0.1, -0.05) is 12.8 Å². The monoisotopic (exact) mass is 353 g/mol. The van der Waals surface area contributed by atoms with Crippen LogP contribution in [0, 0.1) is 11.3 Å². The lowest BCUT2D eigenvalue weighted by Gasteiger charge is -2.25. The standard InChI is InChI=1S/C20H27N5O/c26-17(11-15-3-1-2-4-15)24-9-10-25(13-20(12-24)6-7-20)19-16-5-8-21-18(16)22-14-23-19/h5,8,14-15H,1-4,6-7,9-13H2,(H,21,22,23). The molecule has 6 nitrogen and oxygen atoms in total. The van der Waals surface area contributed by atoms with Crippen LogP contribution < -0.4 is 4.90 Å². The fourth-order valence-electron chi connectivity index (χ4n) is 4.85. The maximum absolute atomic E-state index is 12.9. The van der Waals surface area contributed by atoms with Gasteiger partial charge in [-0.25, -0.2) is 9.97 Å². The van der Waals surface area contributed by atoms with E-state index in [-0.39, 0.29) is 5.41 Å². The molecule has 2 aliphatic carbocycles. The van der Waals surface area contributed by atoms with Crippen molar-refractivity contribution in [2.75, 3.05) is 31.1 Å². The van der Waals surface area contributed by atoms with E-state index in [1.54, 1.807) is 6.33 Å². The van der Waals surface area contributed by atoms with Crippen LogP contribution >= 0.6 is 0 Å². The number of nitrogens with one attached hydrogen (secondary N) is 1. The first kappa shape index (κ1) is 16.1. The second kappa shape index (κ2) is 6.25. The van der Waals surface area contributed by atoms with Gasteiger partial charge in [-0.15, -0.1) is 0 Å². The van der Waals surface area contributed by atoms with Crippen LogP contribution in [-0.2, 0) is 4.79 Å². The largest absolute Gasteiger partial charge is 0.354 e. The Bertz CT molecular complexity index is 805. The lowest BCUT2D eigenvalue weighted by atomic mass is 10.0. The summed E-state index contributed by atoms with van der Waals surface area (Å²) in [5.41, 5.74) is 1.16. The minimum absolute atomic E-state index is 0.273. The van der Waals surface area contributed by atoms with Crippen LogP contribution in [0.5, 0.6) is 0 Å². The summed E-state index contributed by atoms with van der Waals surface area (Å²) in [4.78, 5) is 29.5. The molecule has 0 atom stereocenters. The van der Waals surface area contributed by atoms with Crippen molar-refractivity contribution in [3.05, 3.63) is 18.6 Å². The van der Waals surface area contributed by atoms with Gasteiger partial charge < -0.3 is 14.8 Å². The molecule has 3 heterocycles. The number of carbonyl (C=O) groups excluding carboxylic acids is 1. The molecule has 1 spiro atoms. The van der Waals surface area contributed by atoms with Gasteiger partial charge >= 0.3 is 0 Å². The Morgan fingerprint density at radius 3 is 2.85 bits per heavy atom. The summed E-state index contributed by atoms with van der Waals surface area (Å²) >= 11 is 0. The van der Waals surface area contributed by atoms with Crippen molar-refractivity contribution in [1.82, 2.24) is 19.9 Å². The highest BCUT2D eigenvalue weighted by Crippen LogP contribution is 2.48. The Balaban J connectivity index is 1.35. The molecule has 2 saturated carbocycles. The van der Waals surface area contributed by atoms with Crippen molar-refractivity contribution in [1.29, 1.82) is 0 Å². The number of hydrogen-bond acceptors (Lipinski definition) is 4. The Morgan fingerprint density at radius 2 is 2.04 bits per heavy atom. The van der Waals surface area contributed by atoms with Gasteiger partial charge in [0.15, 0.2) is 0 Å². The number of aromatic nitrogens is 3. The Labute approximate surface area is 154 Å². The molecule has 1 aliphatic heterocycles. The van der Waals surface area contributed by atoms with Gasteiger partial charge in [0.05, 0.1) is 5.39 Å². The fraction of sp³-hybridized carbons (Fsp3) is 0.650. The van der Waals surface area contributed by atoms with Gasteiger partial charge in [-0.3, -0.25) is 4.79 Å². The van der Waals surface area contributed by atoms with E-state index in [0.29, 0.717) is 11.8 Å². The van der Waals surface area contributed by atoms with Crippen LogP contribution in [0.15, 0.2) is 18.6 Å². The molecule has 1 N–H and O–H groups in total. The average molecular weight is 353 g/mol. The van der Waals surface area contributed by atoms with E-state index in [2.05, 4.69) is 30.8 Å². The highest BCUT2D eigenvalue weighted by molar-refractivity contribution is 5.87. The lowest BCUT2D eigenvalue weighted by Crippen LogP contribution is -2.37. The molecular weight excluding hydrogens is 326 g/mol. The van der Waals surface area contributed by atoms with Gasteiger partial charge in [0.1, 0.15) is 17.8 Å². The third-order valence-corrected chi connectivity index (χ3v) is 6.57. The molecule has 138 valence electrons. The number of nitrogens with zero attached hydrogens (tertiary/aromatic N) is 4. The Hall–Kier alpha value is -2.11. The summed E-state index contributed by atoms with van der Waals surface area (Å²) in [6.45, 7) is 3.59. The quantitative estimate of drug-likeness (QED) is 0.921. The first-order valence-electron chi connectivity index (χ1n) is 10.0. The predicted molar refractivity (Wildman–Crippen MR) is 101 cm³/mol. The molecule has 0 bridgehead atoms. The summed E-state index contributed by atoms with van der Waals surface area (Å²) in [7, 11) is 0. The number of carbonyl (C=O) groups is 1. The maximum atomic E-state index is 12.9. The van der Waals surface area contributed by atoms with Gasteiger partial charge in [0.2, 0.25) is 5.91 Å². The summed E-state index contributed by atoms with van der Waals surface area (Å²) in [6, 6.07) is 2.05. The highest BCUT2D eigenvalue weighted by atomic mass is 16.2. The van der Waals surface area contributed by atoms with Crippen LogP contribution in [0.4, 0.5) is 5.82 Å². The van der Waals surface area contributed by atoms with Gasteiger partial charge in [-0.05, 0) is 37.7 Å². The molecule has 26 heavy (non-hydrogen) atoms. The van der Waals surface area contributed by atoms with Crippen LogP contribution in [0.3, 0.4) is 0 Å². The Morgan fingerprint density at radius 1 is 1.19 bits per heavy atom. The molecular formula is C20H27N5O. The topological polar surface area (TPSA) is 65.1 Å². The summed E-state index contributed by atoms with van der Waals surface area (Å²) in [5, 5.41) is 1.08. The van der Waals surface area contributed by atoms with E-state index in [1.807, 2.05) is 6.20 Å². The van der Waals surface area contributed by atoms with Crippen molar-refractivity contribution in [2.24, 2.45) is 11.3 Å². The maximum Gasteiger partial charge on any atom is 0.222 e. The normalized spacial score (nSPS) is 22.9. The molecule has 0 aromatic carbocycles.